The summed E-state index contributed by atoms with van der Waals surface area (Å²) in [6.45, 7) is 1.86. The van der Waals surface area contributed by atoms with Crippen LogP contribution in [0.15, 0.2) is 36.4 Å². The second kappa shape index (κ2) is 5.64. The van der Waals surface area contributed by atoms with Gasteiger partial charge in [-0.3, -0.25) is 4.79 Å². The Hall–Kier alpha value is -1.50. The predicted octanol–water partition coefficient (Wildman–Crippen LogP) is 4.13. The maximum Gasteiger partial charge on any atom is 0.255 e. The number of carbonyl (C=O) groups is 1. The SMILES string of the molecule is Cc1c(I)cccc1NC(=O)c1cc(F)cc(F)c1. The van der Waals surface area contributed by atoms with Crippen LogP contribution in [0.3, 0.4) is 0 Å². The van der Waals surface area contributed by atoms with Gasteiger partial charge in [0.25, 0.3) is 5.91 Å². The number of halogens is 3. The van der Waals surface area contributed by atoms with Gasteiger partial charge in [-0.25, -0.2) is 8.78 Å². The van der Waals surface area contributed by atoms with Gasteiger partial charge < -0.3 is 5.32 Å². The van der Waals surface area contributed by atoms with Crippen molar-refractivity contribution in [3.63, 3.8) is 0 Å². The summed E-state index contributed by atoms with van der Waals surface area (Å²) in [6, 6.07) is 8.19. The second-order valence-corrected chi connectivity index (χ2v) is 5.19. The Balaban J connectivity index is 2.28. The lowest BCUT2D eigenvalue weighted by Gasteiger charge is -2.09. The number of hydrogen-bond acceptors (Lipinski definition) is 1. The van der Waals surface area contributed by atoms with Gasteiger partial charge in [-0.1, -0.05) is 6.07 Å². The minimum Gasteiger partial charge on any atom is -0.322 e. The van der Waals surface area contributed by atoms with Crippen molar-refractivity contribution in [1.82, 2.24) is 0 Å². The molecule has 0 aliphatic carbocycles. The third kappa shape index (κ3) is 3.28. The molecular formula is C14H10F2INO. The predicted molar refractivity (Wildman–Crippen MR) is 78.2 cm³/mol. The van der Waals surface area contributed by atoms with Gasteiger partial charge in [-0.05, 0) is 59.3 Å². The fraction of sp³-hybridized carbons (Fsp3) is 0.0714. The molecule has 0 aliphatic heterocycles. The second-order valence-electron chi connectivity index (χ2n) is 4.02. The maximum atomic E-state index is 13.0. The summed E-state index contributed by atoms with van der Waals surface area (Å²) in [5.41, 5.74) is 1.49. The molecule has 0 atom stereocenters. The van der Waals surface area contributed by atoms with Crippen LogP contribution in [0.1, 0.15) is 15.9 Å². The largest absolute Gasteiger partial charge is 0.322 e. The van der Waals surface area contributed by atoms with E-state index in [0.29, 0.717) is 5.69 Å². The molecule has 0 radical (unpaired) electrons. The number of benzene rings is 2. The van der Waals surface area contributed by atoms with E-state index in [2.05, 4.69) is 27.9 Å². The third-order valence-corrected chi connectivity index (χ3v) is 3.81. The summed E-state index contributed by atoms with van der Waals surface area (Å²) in [6.07, 6.45) is 0. The van der Waals surface area contributed by atoms with Crippen LogP contribution in [0.4, 0.5) is 14.5 Å². The molecule has 98 valence electrons. The summed E-state index contributed by atoms with van der Waals surface area (Å²) in [7, 11) is 0. The van der Waals surface area contributed by atoms with Gasteiger partial charge >= 0.3 is 0 Å². The van der Waals surface area contributed by atoms with Crippen LogP contribution in [0.25, 0.3) is 0 Å². The summed E-state index contributed by atoms with van der Waals surface area (Å²) in [5.74, 6) is -2.09. The molecule has 5 heteroatoms. The average Bonchev–Trinajstić information content (AvgIpc) is 2.33. The Morgan fingerprint density at radius 3 is 2.42 bits per heavy atom. The first-order chi connectivity index (χ1) is 8.97. The van der Waals surface area contributed by atoms with Crippen molar-refractivity contribution >= 4 is 34.2 Å². The van der Waals surface area contributed by atoms with Crippen molar-refractivity contribution < 1.29 is 13.6 Å². The van der Waals surface area contributed by atoms with Gasteiger partial charge in [-0.15, -0.1) is 0 Å². The van der Waals surface area contributed by atoms with Crippen LogP contribution in [-0.2, 0) is 0 Å². The average molecular weight is 373 g/mol. The molecule has 1 N–H and O–H groups in total. The molecule has 0 heterocycles. The van der Waals surface area contributed by atoms with E-state index in [-0.39, 0.29) is 5.56 Å². The molecule has 0 fully saturated rings. The van der Waals surface area contributed by atoms with Crippen LogP contribution >= 0.6 is 22.6 Å². The first-order valence-electron chi connectivity index (χ1n) is 5.50. The zero-order valence-electron chi connectivity index (χ0n) is 10.0. The highest BCUT2D eigenvalue weighted by atomic mass is 127. The Kier molecular flexibility index (Phi) is 4.14. The smallest absolute Gasteiger partial charge is 0.255 e. The van der Waals surface area contributed by atoms with Gasteiger partial charge in [0.05, 0.1) is 0 Å². The van der Waals surface area contributed by atoms with Crippen LogP contribution in [0.5, 0.6) is 0 Å². The van der Waals surface area contributed by atoms with Crippen molar-refractivity contribution in [2.24, 2.45) is 0 Å². The monoisotopic (exact) mass is 373 g/mol. The van der Waals surface area contributed by atoms with Crippen molar-refractivity contribution in [1.29, 1.82) is 0 Å². The Morgan fingerprint density at radius 1 is 1.16 bits per heavy atom. The molecule has 0 aromatic heterocycles. The van der Waals surface area contributed by atoms with Crippen LogP contribution in [0, 0.1) is 22.1 Å². The topological polar surface area (TPSA) is 29.1 Å². The fourth-order valence-electron chi connectivity index (χ4n) is 1.62. The van der Waals surface area contributed by atoms with Crippen molar-refractivity contribution in [3.8, 4) is 0 Å². The molecule has 0 bridgehead atoms. The Morgan fingerprint density at radius 2 is 1.79 bits per heavy atom. The normalized spacial score (nSPS) is 10.3. The number of rotatable bonds is 2. The van der Waals surface area contributed by atoms with Gasteiger partial charge in [0.15, 0.2) is 0 Å². The lowest BCUT2D eigenvalue weighted by atomic mass is 10.1. The molecule has 0 saturated carbocycles. The molecule has 2 nitrogen and oxygen atoms in total. The van der Waals surface area contributed by atoms with Gasteiger partial charge in [0, 0.05) is 20.9 Å². The quantitative estimate of drug-likeness (QED) is 0.789. The van der Waals surface area contributed by atoms with E-state index < -0.39 is 17.5 Å². The molecule has 0 unspecified atom stereocenters. The lowest BCUT2D eigenvalue weighted by Crippen LogP contribution is -2.13. The van der Waals surface area contributed by atoms with Crippen molar-refractivity contribution in [2.45, 2.75) is 6.92 Å². The minimum absolute atomic E-state index is 0.0456. The molecule has 2 aromatic rings. The molecular weight excluding hydrogens is 363 g/mol. The van der Waals surface area contributed by atoms with E-state index in [9.17, 15) is 13.6 Å². The Labute approximate surface area is 123 Å². The number of nitrogens with one attached hydrogen (secondary N) is 1. The van der Waals surface area contributed by atoms with Gasteiger partial charge in [-0.2, -0.15) is 0 Å². The molecule has 2 rings (SSSR count). The standard InChI is InChI=1S/C14H10F2INO/c1-8-12(17)3-2-4-13(8)18-14(19)9-5-10(15)7-11(16)6-9/h2-7H,1H3,(H,18,19). The molecule has 0 aliphatic rings. The van der Waals surface area contributed by atoms with E-state index >= 15 is 0 Å². The van der Waals surface area contributed by atoms with Crippen molar-refractivity contribution in [3.05, 3.63) is 62.7 Å². The highest BCUT2D eigenvalue weighted by Crippen LogP contribution is 2.21. The zero-order chi connectivity index (χ0) is 14.0. The van der Waals surface area contributed by atoms with Crippen LogP contribution in [-0.4, -0.2) is 5.91 Å². The lowest BCUT2D eigenvalue weighted by molar-refractivity contribution is 0.102. The number of hydrogen-bond donors (Lipinski definition) is 1. The first kappa shape index (κ1) is 13.9. The molecule has 19 heavy (non-hydrogen) atoms. The highest BCUT2D eigenvalue weighted by Gasteiger charge is 2.11. The molecule has 2 aromatic carbocycles. The summed E-state index contributed by atoms with van der Waals surface area (Å²) in [5, 5.41) is 2.64. The van der Waals surface area contributed by atoms with E-state index in [1.165, 1.54) is 0 Å². The molecule has 0 spiro atoms. The summed E-state index contributed by atoms with van der Waals surface area (Å²) in [4.78, 5) is 11.9. The van der Waals surface area contributed by atoms with E-state index in [1.807, 2.05) is 13.0 Å². The third-order valence-electron chi connectivity index (χ3n) is 2.64. The van der Waals surface area contributed by atoms with Crippen LogP contribution in [0.2, 0.25) is 0 Å². The first-order valence-corrected chi connectivity index (χ1v) is 6.58. The number of carbonyl (C=O) groups excluding carboxylic acids is 1. The van der Waals surface area contributed by atoms with Crippen LogP contribution < -0.4 is 5.32 Å². The van der Waals surface area contributed by atoms with Gasteiger partial charge in [0.2, 0.25) is 0 Å². The summed E-state index contributed by atoms with van der Waals surface area (Å²) < 4.78 is 27.1. The molecule has 0 saturated heterocycles. The van der Waals surface area contributed by atoms with E-state index in [1.54, 1.807) is 12.1 Å². The highest BCUT2D eigenvalue weighted by molar-refractivity contribution is 14.1. The zero-order valence-corrected chi connectivity index (χ0v) is 12.2. The molecule has 1 amide bonds. The van der Waals surface area contributed by atoms with E-state index in [0.717, 1.165) is 27.3 Å². The maximum absolute atomic E-state index is 13.0. The van der Waals surface area contributed by atoms with E-state index in [4.69, 9.17) is 0 Å². The Bertz CT molecular complexity index is 623. The van der Waals surface area contributed by atoms with Gasteiger partial charge in [0.1, 0.15) is 11.6 Å². The summed E-state index contributed by atoms with van der Waals surface area (Å²) >= 11 is 2.15. The minimum atomic E-state index is -0.774. The number of amides is 1. The fourth-order valence-corrected chi connectivity index (χ4v) is 2.12. The van der Waals surface area contributed by atoms with Crippen molar-refractivity contribution in [2.75, 3.05) is 5.32 Å². The number of anilines is 1.